The minimum absolute atomic E-state index is 0.0258. The molecule has 0 amide bonds. The van der Waals surface area contributed by atoms with Crippen LogP contribution in [0.25, 0.3) is 0 Å². The zero-order chi connectivity index (χ0) is 17.1. The van der Waals surface area contributed by atoms with Crippen molar-refractivity contribution in [2.45, 2.75) is 24.4 Å². The molecule has 0 heterocycles. The van der Waals surface area contributed by atoms with Gasteiger partial charge in [-0.05, 0) is 12.1 Å². The fraction of sp³-hybridized carbons (Fsp3) is 0.417. The molecule has 10 heteroatoms. The molecule has 4 atom stereocenters. The molecule has 0 saturated carbocycles. The van der Waals surface area contributed by atoms with Crippen LogP contribution in [-0.2, 0) is 4.79 Å². The first-order chi connectivity index (χ1) is 10.3. The van der Waals surface area contributed by atoms with Crippen LogP contribution in [0, 0.1) is 0 Å². The molecule has 1 aromatic carbocycles. The molecule has 0 radical (unpaired) electrons. The van der Waals surface area contributed by atoms with Crippen molar-refractivity contribution < 1.29 is 45.0 Å². The van der Waals surface area contributed by atoms with Crippen molar-refractivity contribution in [2.24, 2.45) is 0 Å². The second-order valence-corrected chi connectivity index (χ2v) is 4.11. The predicted molar refractivity (Wildman–Crippen MR) is 74.4 cm³/mol. The van der Waals surface area contributed by atoms with Crippen LogP contribution in [-0.4, -0.2) is 80.2 Å². The van der Waals surface area contributed by atoms with Crippen LogP contribution in [0.1, 0.15) is 0 Å². The highest BCUT2D eigenvalue weighted by molar-refractivity contribution is 6.33. The minimum atomic E-state index is -1.79. The van der Waals surface area contributed by atoms with E-state index in [0.29, 0.717) is 5.75 Å². The number of aliphatic hydroxyl groups is 5. The summed E-state index contributed by atoms with van der Waals surface area (Å²) in [6, 6.07) is 8.59. The highest BCUT2D eigenvalue weighted by atomic mass is 16.6. The second kappa shape index (κ2) is 11.1. The third-order valence-corrected chi connectivity index (χ3v) is 2.41. The summed E-state index contributed by atoms with van der Waals surface area (Å²) in [6.45, 7) is -0.760. The quantitative estimate of drug-likeness (QED) is 0.201. The molecule has 1 rings (SSSR count). The topological polar surface area (TPSA) is 168 Å². The highest BCUT2D eigenvalue weighted by Crippen LogP contribution is 2.07. The smallest absolute Gasteiger partial charge is 0.512 e. The number of aldehydes is 1. The number of rotatable bonds is 7. The molecule has 0 aliphatic heterocycles. The van der Waals surface area contributed by atoms with Crippen molar-refractivity contribution in [3.05, 3.63) is 30.3 Å². The van der Waals surface area contributed by atoms with E-state index in [1.54, 1.807) is 24.3 Å². The molecular weight excluding hydrogens is 299 g/mol. The molecule has 0 spiro atoms. The number of para-hydroxylation sites is 1. The third kappa shape index (κ3) is 8.05. The molecule has 124 valence electrons. The molecule has 0 bridgehead atoms. The maximum atomic E-state index is 9.90. The lowest BCUT2D eigenvalue weighted by Gasteiger charge is -2.22. The summed E-state index contributed by atoms with van der Waals surface area (Å²) in [6.07, 6.45) is -6.84. The minimum Gasteiger partial charge on any atom is -0.512 e. The molecule has 22 heavy (non-hydrogen) atoms. The summed E-state index contributed by atoms with van der Waals surface area (Å²) >= 11 is 0. The Kier molecular flexibility index (Phi) is 10.3. The van der Waals surface area contributed by atoms with Crippen molar-refractivity contribution in [3.63, 3.8) is 0 Å². The summed E-state index contributed by atoms with van der Waals surface area (Å²) in [5.74, 6) is 0.442. The van der Waals surface area contributed by atoms with Crippen LogP contribution in [0.3, 0.4) is 0 Å². The molecule has 0 unspecified atom stereocenters. The van der Waals surface area contributed by atoms with E-state index in [1.165, 1.54) is 0 Å². The summed E-state index contributed by atoms with van der Waals surface area (Å²) < 4.78 is 4.53. The molecular formula is C12H19BO9. The van der Waals surface area contributed by atoms with E-state index in [9.17, 15) is 4.79 Å². The van der Waals surface area contributed by atoms with E-state index >= 15 is 0 Å². The van der Waals surface area contributed by atoms with E-state index in [-0.39, 0.29) is 6.29 Å². The Hall–Kier alpha value is -1.53. The van der Waals surface area contributed by atoms with Crippen LogP contribution >= 0.6 is 0 Å². The van der Waals surface area contributed by atoms with Gasteiger partial charge in [-0.25, -0.2) is 0 Å². The molecule has 0 aliphatic rings. The number of benzene rings is 1. The van der Waals surface area contributed by atoms with Crippen LogP contribution in [0.15, 0.2) is 30.3 Å². The van der Waals surface area contributed by atoms with Gasteiger partial charge in [0.25, 0.3) is 0 Å². The lowest BCUT2D eigenvalue weighted by molar-refractivity contribution is -0.136. The Labute approximate surface area is 126 Å². The Bertz CT molecular complexity index is 403. The van der Waals surface area contributed by atoms with Gasteiger partial charge in [-0.2, -0.15) is 0 Å². The first-order valence-corrected chi connectivity index (χ1v) is 6.19. The van der Waals surface area contributed by atoms with E-state index in [1.807, 2.05) is 6.07 Å². The number of hydrogen-bond acceptors (Lipinski definition) is 9. The van der Waals surface area contributed by atoms with E-state index in [2.05, 4.69) is 4.65 Å². The van der Waals surface area contributed by atoms with Gasteiger partial charge < -0.3 is 45.0 Å². The number of carbonyl (C=O) groups is 1. The lowest BCUT2D eigenvalue weighted by atomic mass is 10.0. The van der Waals surface area contributed by atoms with E-state index in [4.69, 9.17) is 35.6 Å². The average molecular weight is 318 g/mol. The average Bonchev–Trinajstić information content (AvgIpc) is 2.52. The molecule has 1 aromatic rings. The summed E-state index contributed by atoms with van der Waals surface area (Å²) in [4.78, 5) is 9.90. The maximum absolute atomic E-state index is 9.90. The summed E-state index contributed by atoms with van der Waals surface area (Å²) in [5, 5.41) is 60.2. The predicted octanol–water partition coefficient (Wildman–Crippen LogP) is -3.34. The van der Waals surface area contributed by atoms with Crippen molar-refractivity contribution >= 4 is 13.6 Å². The number of carbonyl (C=O) groups excluding carboxylic acids is 1. The highest BCUT2D eigenvalue weighted by Gasteiger charge is 2.29. The van der Waals surface area contributed by atoms with Crippen LogP contribution in [0.2, 0.25) is 0 Å². The standard InChI is InChI=1S/C6H7BO3.C6H12O6/c8-7(9)10-6-4-2-1-3-5-6;7-1-3(9)5(11)6(12)4(10)2-8/h1-5,8-9H;1,3-6,8-12H,2H2/t;3-,4+,5+,6+/m.0/s1. The van der Waals surface area contributed by atoms with E-state index < -0.39 is 38.3 Å². The van der Waals surface area contributed by atoms with Crippen molar-refractivity contribution in [1.29, 1.82) is 0 Å². The Morgan fingerprint density at radius 2 is 1.59 bits per heavy atom. The molecule has 0 fully saturated rings. The van der Waals surface area contributed by atoms with Crippen molar-refractivity contribution in [3.8, 4) is 5.75 Å². The first-order valence-electron chi connectivity index (χ1n) is 6.19. The maximum Gasteiger partial charge on any atom is 0.707 e. The van der Waals surface area contributed by atoms with Crippen molar-refractivity contribution in [1.82, 2.24) is 0 Å². The van der Waals surface area contributed by atoms with Gasteiger partial charge in [0.1, 0.15) is 30.2 Å². The van der Waals surface area contributed by atoms with Gasteiger partial charge in [0.2, 0.25) is 0 Å². The monoisotopic (exact) mass is 318 g/mol. The Morgan fingerprint density at radius 3 is 2.00 bits per heavy atom. The molecule has 9 nitrogen and oxygen atoms in total. The normalized spacial score (nSPS) is 15.6. The van der Waals surface area contributed by atoms with Gasteiger partial charge in [-0.3, -0.25) is 0 Å². The molecule has 0 aromatic heterocycles. The van der Waals surface area contributed by atoms with E-state index in [0.717, 1.165) is 0 Å². The summed E-state index contributed by atoms with van der Waals surface area (Å²) in [7, 11) is -1.73. The summed E-state index contributed by atoms with van der Waals surface area (Å²) in [5.41, 5.74) is 0. The Morgan fingerprint density at radius 1 is 1.05 bits per heavy atom. The van der Waals surface area contributed by atoms with Crippen LogP contribution in [0.4, 0.5) is 0 Å². The van der Waals surface area contributed by atoms with Gasteiger partial charge >= 0.3 is 7.32 Å². The van der Waals surface area contributed by atoms with Gasteiger partial charge in [-0.1, -0.05) is 18.2 Å². The molecule has 7 N–H and O–H groups in total. The largest absolute Gasteiger partial charge is 0.707 e. The lowest BCUT2D eigenvalue weighted by Crippen LogP contribution is -2.46. The zero-order valence-corrected chi connectivity index (χ0v) is 11.5. The third-order valence-electron chi connectivity index (χ3n) is 2.41. The second-order valence-electron chi connectivity index (χ2n) is 4.11. The van der Waals surface area contributed by atoms with Crippen LogP contribution in [0.5, 0.6) is 5.75 Å². The molecule has 0 aliphatic carbocycles. The fourth-order valence-electron chi connectivity index (χ4n) is 1.24. The number of hydrogen-bond donors (Lipinski definition) is 7. The van der Waals surface area contributed by atoms with Gasteiger partial charge in [-0.15, -0.1) is 0 Å². The fourth-order valence-corrected chi connectivity index (χ4v) is 1.24. The van der Waals surface area contributed by atoms with Crippen molar-refractivity contribution in [2.75, 3.05) is 6.61 Å². The SMILES string of the molecule is O=C[C@H](O)[C@@H](O)[C@H](O)[C@H](O)CO.OB(O)Oc1ccccc1. The Balaban J connectivity index is 0.000000406. The van der Waals surface area contributed by atoms with Crippen LogP contribution < -0.4 is 4.65 Å². The number of aliphatic hydroxyl groups excluding tert-OH is 5. The first kappa shape index (κ1) is 20.5. The van der Waals surface area contributed by atoms with Gasteiger partial charge in [0.15, 0.2) is 6.29 Å². The van der Waals surface area contributed by atoms with Gasteiger partial charge in [0, 0.05) is 0 Å². The molecule has 0 saturated heterocycles. The van der Waals surface area contributed by atoms with Gasteiger partial charge in [0.05, 0.1) is 6.61 Å². The zero-order valence-electron chi connectivity index (χ0n) is 11.5.